The zero-order valence-corrected chi connectivity index (χ0v) is 30.0. The number of carbonyl (C=O) groups excluding carboxylic acids is 1. The summed E-state index contributed by atoms with van der Waals surface area (Å²) in [5, 5.41) is 3.21. The number of hydrogen-bond donors (Lipinski definition) is 1. The van der Waals surface area contributed by atoms with E-state index in [1.54, 1.807) is 19.6 Å². The van der Waals surface area contributed by atoms with Crippen molar-refractivity contribution in [3.05, 3.63) is 96.6 Å². The fourth-order valence-electron chi connectivity index (χ4n) is 5.92. The number of methoxy groups -OCH3 is 1. The smallest absolute Gasteiger partial charge is 0.322 e. The Bertz CT molecular complexity index is 1520. The van der Waals surface area contributed by atoms with Crippen LogP contribution in [0.2, 0.25) is 0 Å². The molecule has 2 heterocycles. The highest BCUT2D eigenvalue weighted by atomic mass is 35.5. The van der Waals surface area contributed by atoms with E-state index in [1.807, 2.05) is 52.9 Å². The predicted molar refractivity (Wildman–Crippen MR) is 200 cm³/mol. The molecule has 1 fully saturated rings. The minimum absolute atomic E-state index is 0. The van der Waals surface area contributed by atoms with Crippen LogP contribution in [0.25, 0.3) is 5.69 Å². The van der Waals surface area contributed by atoms with E-state index in [0.29, 0.717) is 25.4 Å². The van der Waals surface area contributed by atoms with Crippen LogP contribution in [-0.2, 0) is 6.54 Å². The van der Waals surface area contributed by atoms with Gasteiger partial charge < -0.3 is 29.2 Å². The molecule has 0 spiro atoms. The van der Waals surface area contributed by atoms with Gasteiger partial charge in [-0.25, -0.2) is 9.78 Å². The maximum absolute atomic E-state index is 13.9. The van der Waals surface area contributed by atoms with Crippen molar-refractivity contribution in [2.45, 2.75) is 46.1 Å². The Hall–Kier alpha value is -3.92. The van der Waals surface area contributed by atoms with Crippen LogP contribution in [0.1, 0.15) is 43.7 Å². The van der Waals surface area contributed by atoms with Gasteiger partial charge in [0, 0.05) is 68.6 Å². The van der Waals surface area contributed by atoms with E-state index >= 15 is 0 Å². The first-order valence-corrected chi connectivity index (χ1v) is 16.5. The topological polar surface area (TPSA) is 75.1 Å². The Labute approximate surface area is 298 Å². The molecule has 0 radical (unpaired) electrons. The Morgan fingerprint density at radius 3 is 2.42 bits per heavy atom. The molecular weight excluding hydrogens is 647 g/mol. The van der Waals surface area contributed by atoms with Gasteiger partial charge in [0.05, 0.1) is 32.3 Å². The summed E-state index contributed by atoms with van der Waals surface area (Å²) in [6.45, 7) is 11.0. The van der Waals surface area contributed by atoms with Crippen LogP contribution >= 0.6 is 24.8 Å². The van der Waals surface area contributed by atoms with Gasteiger partial charge in [-0.3, -0.25) is 4.90 Å². The maximum atomic E-state index is 13.9. The molecular formula is C37H50Cl2N6O3. The third kappa shape index (κ3) is 10.5. The molecule has 4 aromatic rings. The number of piperazine rings is 1. The molecule has 3 aromatic carbocycles. The SMILES string of the molecule is CCCCCN(Cc1cc(-n2ccnc2)ccc1OC)C(=O)Nc1c(C)cccc1OCCCN1CCN(c2ccccc2)CC1.Cl.Cl. The number of aromatic nitrogens is 2. The number of aryl methyl sites for hydroxylation is 1. The zero-order valence-electron chi connectivity index (χ0n) is 28.3. The zero-order chi connectivity index (χ0) is 32.1. The molecule has 5 rings (SSSR count). The van der Waals surface area contributed by atoms with Crippen molar-refractivity contribution in [2.75, 3.05) is 63.2 Å². The van der Waals surface area contributed by atoms with Gasteiger partial charge in [0.1, 0.15) is 11.5 Å². The number of para-hydroxylation sites is 2. The molecule has 0 atom stereocenters. The standard InChI is InChI=1S/C37H48N6O3.2ClH/c1-4-5-9-20-42(28-31-27-33(16-17-34(31)45-3)43-21-18-38-29-43)37(44)39-36-30(2)12-10-15-35(36)46-26-11-19-40-22-24-41(25-23-40)32-13-7-6-8-14-32;;/h6-8,10,12-18,21,27,29H,4-5,9,11,19-20,22-26,28H2,1-3H3,(H,39,44);2*1H. The molecule has 0 aliphatic carbocycles. The van der Waals surface area contributed by atoms with E-state index in [-0.39, 0.29) is 30.8 Å². The minimum atomic E-state index is -0.151. The van der Waals surface area contributed by atoms with E-state index < -0.39 is 0 Å². The Morgan fingerprint density at radius 2 is 1.71 bits per heavy atom. The number of halogens is 2. The summed E-state index contributed by atoms with van der Waals surface area (Å²) in [5.74, 6) is 1.45. The van der Waals surface area contributed by atoms with Crippen LogP contribution in [0, 0.1) is 6.92 Å². The van der Waals surface area contributed by atoms with Crippen molar-refractivity contribution in [1.82, 2.24) is 19.4 Å². The summed E-state index contributed by atoms with van der Waals surface area (Å²) in [6.07, 6.45) is 9.39. The lowest BCUT2D eigenvalue weighted by atomic mass is 10.1. The molecule has 11 heteroatoms. The molecule has 1 N–H and O–H groups in total. The van der Waals surface area contributed by atoms with Crippen LogP contribution in [0.3, 0.4) is 0 Å². The Kier molecular flexibility index (Phi) is 15.9. The second kappa shape index (κ2) is 19.8. The van der Waals surface area contributed by atoms with Gasteiger partial charge in [-0.1, -0.05) is 50.1 Å². The summed E-state index contributed by atoms with van der Waals surface area (Å²) >= 11 is 0. The average Bonchev–Trinajstić information content (AvgIpc) is 3.64. The number of rotatable bonds is 15. The van der Waals surface area contributed by atoms with Crippen molar-refractivity contribution in [3.63, 3.8) is 0 Å². The number of ether oxygens (including phenoxy) is 2. The monoisotopic (exact) mass is 696 g/mol. The maximum Gasteiger partial charge on any atom is 0.322 e. The van der Waals surface area contributed by atoms with Crippen LogP contribution in [0.5, 0.6) is 11.5 Å². The lowest BCUT2D eigenvalue weighted by molar-refractivity contribution is 0.206. The van der Waals surface area contributed by atoms with Crippen LogP contribution in [-0.4, -0.2) is 78.4 Å². The second-order valence-electron chi connectivity index (χ2n) is 11.8. The van der Waals surface area contributed by atoms with Gasteiger partial charge in [-0.2, -0.15) is 0 Å². The van der Waals surface area contributed by atoms with E-state index in [4.69, 9.17) is 9.47 Å². The van der Waals surface area contributed by atoms with Gasteiger partial charge in [0.2, 0.25) is 0 Å². The largest absolute Gasteiger partial charge is 0.496 e. The van der Waals surface area contributed by atoms with Gasteiger partial charge >= 0.3 is 6.03 Å². The highest BCUT2D eigenvalue weighted by Gasteiger charge is 2.20. The number of unbranched alkanes of at least 4 members (excludes halogenated alkanes) is 2. The number of hydrogen-bond acceptors (Lipinski definition) is 6. The quantitative estimate of drug-likeness (QED) is 0.128. The molecule has 9 nitrogen and oxygen atoms in total. The van der Waals surface area contributed by atoms with Gasteiger partial charge in [-0.05, 0) is 61.7 Å². The number of nitrogens with one attached hydrogen (secondary N) is 1. The first-order valence-electron chi connectivity index (χ1n) is 16.5. The van der Waals surface area contributed by atoms with Crippen molar-refractivity contribution in [3.8, 4) is 17.2 Å². The number of benzene rings is 3. The lowest BCUT2D eigenvalue weighted by Crippen LogP contribution is -2.46. The summed E-state index contributed by atoms with van der Waals surface area (Å²) in [4.78, 5) is 24.9. The molecule has 0 bridgehead atoms. The highest BCUT2D eigenvalue weighted by Crippen LogP contribution is 2.30. The van der Waals surface area contributed by atoms with E-state index in [0.717, 1.165) is 86.7 Å². The van der Waals surface area contributed by atoms with Crippen LogP contribution < -0.4 is 19.7 Å². The first kappa shape index (κ1) is 38.5. The highest BCUT2D eigenvalue weighted by molar-refractivity contribution is 5.92. The lowest BCUT2D eigenvalue weighted by Gasteiger charge is -2.36. The van der Waals surface area contributed by atoms with Gasteiger partial charge in [0.25, 0.3) is 0 Å². The van der Waals surface area contributed by atoms with E-state index in [9.17, 15) is 4.79 Å². The summed E-state index contributed by atoms with van der Waals surface area (Å²) in [5.41, 5.74) is 4.89. The number of carbonyl (C=O) groups is 1. The van der Waals surface area contributed by atoms with E-state index in [2.05, 4.69) is 63.4 Å². The van der Waals surface area contributed by atoms with Crippen LogP contribution in [0.15, 0.2) is 85.5 Å². The number of anilines is 2. The summed E-state index contributed by atoms with van der Waals surface area (Å²) in [6, 6.07) is 22.4. The predicted octanol–water partition coefficient (Wildman–Crippen LogP) is 7.85. The molecule has 2 amide bonds. The second-order valence-corrected chi connectivity index (χ2v) is 11.8. The number of imidazole rings is 1. The van der Waals surface area contributed by atoms with Crippen molar-refractivity contribution in [2.24, 2.45) is 0 Å². The van der Waals surface area contributed by atoms with Gasteiger partial charge in [0.15, 0.2) is 0 Å². The molecule has 260 valence electrons. The minimum Gasteiger partial charge on any atom is -0.496 e. The molecule has 0 unspecified atom stereocenters. The molecule has 48 heavy (non-hydrogen) atoms. The van der Waals surface area contributed by atoms with Crippen molar-refractivity contribution < 1.29 is 14.3 Å². The summed E-state index contributed by atoms with van der Waals surface area (Å²) in [7, 11) is 1.67. The summed E-state index contributed by atoms with van der Waals surface area (Å²) < 4.78 is 13.9. The average molecular weight is 698 g/mol. The van der Waals surface area contributed by atoms with Crippen molar-refractivity contribution in [1.29, 1.82) is 0 Å². The first-order chi connectivity index (χ1) is 22.6. The van der Waals surface area contributed by atoms with E-state index in [1.165, 1.54) is 5.69 Å². The number of urea groups is 1. The molecule has 0 saturated carbocycles. The molecule has 1 aliphatic rings. The van der Waals surface area contributed by atoms with Gasteiger partial charge in [-0.15, -0.1) is 24.8 Å². The fourth-order valence-corrected chi connectivity index (χ4v) is 5.92. The van der Waals surface area contributed by atoms with Crippen LogP contribution in [0.4, 0.5) is 16.2 Å². The third-order valence-corrected chi connectivity index (χ3v) is 8.58. The number of nitrogens with zero attached hydrogens (tertiary/aromatic N) is 5. The Balaban J connectivity index is 0.00000312. The van der Waals surface area contributed by atoms with Crippen molar-refractivity contribution >= 4 is 42.2 Å². The fraction of sp³-hybridized carbons (Fsp3) is 0.405. The molecule has 1 aliphatic heterocycles. The third-order valence-electron chi connectivity index (χ3n) is 8.58. The number of amides is 2. The molecule has 1 aromatic heterocycles. The Morgan fingerprint density at radius 1 is 0.917 bits per heavy atom. The molecule has 1 saturated heterocycles. The normalized spacial score (nSPS) is 12.9.